The van der Waals surface area contributed by atoms with Gasteiger partial charge in [0.1, 0.15) is 11.6 Å². The van der Waals surface area contributed by atoms with Crippen LogP contribution in [0.3, 0.4) is 0 Å². The summed E-state index contributed by atoms with van der Waals surface area (Å²) in [6, 6.07) is 12.6. The predicted molar refractivity (Wildman–Crippen MR) is 136 cm³/mol. The monoisotopic (exact) mass is 548 g/mol. The van der Waals surface area contributed by atoms with Crippen LogP contribution in [0.1, 0.15) is 37.8 Å². The third-order valence-corrected chi connectivity index (χ3v) is 7.87. The zero-order chi connectivity index (χ0) is 27.7. The first-order valence-corrected chi connectivity index (χ1v) is 13.5. The Balaban J connectivity index is 1.68. The molecule has 1 aliphatic heterocycles. The fraction of sp³-hybridized carbons (Fsp3) is 0.346. The first-order chi connectivity index (χ1) is 17.8. The Kier molecular flexibility index (Phi) is 7.37. The molecule has 0 saturated carbocycles. The second kappa shape index (κ2) is 10.2. The molecule has 2 aromatic heterocycles. The molecule has 0 aliphatic carbocycles. The lowest BCUT2D eigenvalue weighted by molar-refractivity contribution is -0.148. The van der Waals surface area contributed by atoms with Crippen LogP contribution in [0, 0.1) is 5.41 Å². The molecule has 1 atom stereocenters. The summed E-state index contributed by atoms with van der Waals surface area (Å²) >= 11 is 0. The Bertz CT molecular complexity index is 1460. The molecular formula is C26H27F3N4O4S. The molecule has 12 heteroatoms. The van der Waals surface area contributed by atoms with Crippen molar-refractivity contribution in [3.63, 3.8) is 0 Å². The van der Waals surface area contributed by atoms with Crippen molar-refractivity contribution in [2.75, 3.05) is 22.7 Å². The zero-order valence-electron chi connectivity index (χ0n) is 20.8. The van der Waals surface area contributed by atoms with E-state index >= 15 is 0 Å². The Morgan fingerprint density at radius 2 is 1.84 bits per heavy atom. The van der Waals surface area contributed by atoms with E-state index in [4.69, 9.17) is 0 Å². The topological polar surface area (TPSA) is 112 Å². The van der Waals surface area contributed by atoms with Gasteiger partial charge in [0.2, 0.25) is 0 Å². The van der Waals surface area contributed by atoms with E-state index in [0.717, 1.165) is 12.1 Å². The van der Waals surface area contributed by atoms with Gasteiger partial charge < -0.3 is 10.0 Å². The minimum absolute atomic E-state index is 0.160. The number of aromatic nitrogens is 2. The number of carboxylic acid groups (broad SMARTS) is 1. The minimum Gasteiger partial charge on any atom is -0.481 e. The van der Waals surface area contributed by atoms with Crippen LogP contribution in [0.25, 0.3) is 11.3 Å². The number of pyridine rings is 2. The number of hydrogen-bond acceptors (Lipinski definition) is 6. The molecule has 38 heavy (non-hydrogen) atoms. The van der Waals surface area contributed by atoms with Crippen LogP contribution in [0.5, 0.6) is 0 Å². The summed E-state index contributed by atoms with van der Waals surface area (Å²) in [4.78, 5) is 21.7. The average Bonchev–Trinajstić information content (AvgIpc) is 2.88. The number of sulfonamides is 1. The smallest absolute Gasteiger partial charge is 0.418 e. The number of carboxylic acids is 1. The third kappa shape index (κ3) is 5.59. The maximum atomic E-state index is 13.8. The van der Waals surface area contributed by atoms with Crippen molar-refractivity contribution in [3.05, 3.63) is 65.7 Å². The highest BCUT2D eigenvalue weighted by atomic mass is 32.2. The van der Waals surface area contributed by atoms with Crippen molar-refractivity contribution in [2.45, 2.75) is 44.3 Å². The van der Waals surface area contributed by atoms with E-state index in [0.29, 0.717) is 31.4 Å². The highest BCUT2D eigenvalue weighted by Gasteiger charge is 2.39. The molecule has 8 nitrogen and oxygen atoms in total. The molecule has 3 heterocycles. The van der Waals surface area contributed by atoms with Gasteiger partial charge in [-0.3, -0.25) is 9.52 Å². The zero-order valence-corrected chi connectivity index (χ0v) is 21.6. The molecule has 1 aliphatic rings. The number of carbonyl (C=O) groups is 1. The van der Waals surface area contributed by atoms with Gasteiger partial charge in [0.05, 0.1) is 16.7 Å². The molecule has 1 saturated heterocycles. The number of halogens is 3. The summed E-state index contributed by atoms with van der Waals surface area (Å²) < 4.78 is 70.0. The average molecular weight is 549 g/mol. The number of benzene rings is 1. The van der Waals surface area contributed by atoms with Gasteiger partial charge in [-0.2, -0.15) is 21.6 Å². The standard InChI is InChI=1S/C26H27F3N4O4S/c1-3-17-8-4-5-9-18(17)23-19(26(27,28)29)12-13-20(30-23)32-38(36,37)22-11-6-10-21(31-22)33-15-7-14-25(2,16-33)24(34)35/h4-6,8-13H,3,7,14-16H2,1-2H3,(H,30,32)(H,34,35). The summed E-state index contributed by atoms with van der Waals surface area (Å²) in [6.07, 6.45) is -3.16. The third-order valence-electron chi connectivity index (χ3n) is 6.61. The highest BCUT2D eigenvalue weighted by Crippen LogP contribution is 2.38. The van der Waals surface area contributed by atoms with Gasteiger partial charge >= 0.3 is 12.1 Å². The SMILES string of the molecule is CCc1ccccc1-c1nc(NS(=O)(=O)c2cccc(N3CCCC(C)(C(=O)O)C3)n2)ccc1C(F)(F)F. The van der Waals surface area contributed by atoms with E-state index in [-0.39, 0.29) is 34.5 Å². The van der Waals surface area contributed by atoms with Crippen LogP contribution in [0.4, 0.5) is 24.8 Å². The molecule has 0 amide bonds. The molecule has 202 valence electrons. The Hall–Kier alpha value is -3.67. The Morgan fingerprint density at radius 3 is 2.53 bits per heavy atom. The summed E-state index contributed by atoms with van der Waals surface area (Å²) in [5, 5.41) is 9.22. The summed E-state index contributed by atoms with van der Waals surface area (Å²) in [5.41, 5.74) is -1.46. The molecule has 0 spiro atoms. The number of anilines is 2. The molecular weight excluding hydrogens is 521 g/mol. The summed E-state index contributed by atoms with van der Waals surface area (Å²) in [7, 11) is -4.33. The van der Waals surface area contributed by atoms with E-state index in [2.05, 4.69) is 14.7 Å². The molecule has 1 aromatic carbocycles. The largest absolute Gasteiger partial charge is 0.481 e. The predicted octanol–water partition coefficient (Wildman–Crippen LogP) is 5.22. The van der Waals surface area contributed by atoms with Crippen LogP contribution >= 0.6 is 0 Å². The minimum atomic E-state index is -4.70. The van der Waals surface area contributed by atoms with Crippen molar-refractivity contribution in [1.82, 2.24) is 9.97 Å². The maximum Gasteiger partial charge on any atom is 0.418 e. The van der Waals surface area contributed by atoms with Gasteiger partial charge in [-0.1, -0.05) is 37.3 Å². The number of nitrogens with zero attached hydrogens (tertiary/aromatic N) is 3. The van der Waals surface area contributed by atoms with Crippen molar-refractivity contribution < 1.29 is 31.5 Å². The maximum absolute atomic E-state index is 13.8. The summed E-state index contributed by atoms with van der Waals surface area (Å²) in [5.74, 6) is -0.943. The van der Waals surface area contributed by atoms with E-state index in [1.165, 1.54) is 18.2 Å². The van der Waals surface area contributed by atoms with Crippen LogP contribution in [0.2, 0.25) is 0 Å². The van der Waals surface area contributed by atoms with Crippen LogP contribution in [-0.2, 0) is 27.4 Å². The molecule has 0 radical (unpaired) electrons. The fourth-order valence-electron chi connectivity index (χ4n) is 4.54. The number of nitrogens with one attached hydrogen (secondary N) is 1. The van der Waals surface area contributed by atoms with E-state index < -0.39 is 33.1 Å². The number of aliphatic carboxylic acids is 1. The quantitative estimate of drug-likeness (QED) is 0.417. The molecule has 2 N–H and O–H groups in total. The van der Waals surface area contributed by atoms with Crippen molar-refractivity contribution >= 4 is 27.6 Å². The second-order valence-corrected chi connectivity index (χ2v) is 11.1. The second-order valence-electron chi connectivity index (χ2n) is 9.43. The Morgan fingerprint density at radius 1 is 1.11 bits per heavy atom. The lowest BCUT2D eigenvalue weighted by Gasteiger charge is -2.38. The molecule has 0 bridgehead atoms. The van der Waals surface area contributed by atoms with Crippen LogP contribution in [-0.4, -0.2) is 42.6 Å². The van der Waals surface area contributed by atoms with E-state index in [9.17, 15) is 31.5 Å². The van der Waals surface area contributed by atoms with Gasteiger partial charge in [-0.25, -0.2) is 9.97 Å². The normalized spacial score (nSPS) is 18.3. The first kappa shape index (κ1) is 27.4. The number of aryl methyl sites for hydroxylation is 1. The van der Waals surface area contributed by atoms with Crippen LogP contribution < -0.4 is 9.62 Å². The number of alkyl halides is 3. The lowest BCUT2D eigenvalue weighted by atomic mass is 9.82. The van der Waals surface area contributed by atoms with Gasteiger partial charge in [0, 0.05) is 18.7 Å². The first-order valence-electron chi connectivity index (χ1n) is 12.0. The molecule has 1 unspecified atom stereocenters. The fourth-order valence-corrected chi connectivity index (χ4v) is 5.50. The molecule has 4 rings (SSSR count). The van der Waals surface area contributed by atoms with Gasteiger partial charge in [-0.15, -0.1) is 0 Å². The van der Waals surface area contributed by atoms with Gasteiger partial charge in [0.25, 0.3) is 10.0 Å². The van der Waals surface area contributed by atoms with Gasteiger partial charge in [0.15, 0.2) is 5.03 Å². The Labute approximate surface area is 218 Å². The molecule has 3 aromatic rings. The van der Waals surface area contributed by atoms with Crippen LogP contribution in [0.15, 0.2) is 59.6 Å². The lowest BCUT2D eigenvalue weighted by Crippen LogP contribution is -2.46. The number of rotatable bonds is 7. The van der Waals surface area contributed by atoms with Crippen molar-refractivity contribution in [1.29, 1.82) is 0 Å². The van der Waals surface area contributed by atoms with Gasteiger partial charge in [-0.05, 0) is 56.0 Å². The van der Waals surface area contributed by atoms with E-state index in [1.54, 1.807) is 43.0 Å². The van der Waals surface area contributed by atoms with Crippen molar-refractivity contribution in [3.8, 4) is 11.3 Å². The number of hydrogen-bond donors (Lipinski definition) is 2. The number of piperidine rings is 1. The summed E-state index contributed by atoms with van der Waals surface area (Å²) in [6.45, 7) is 4.10. The molecule has 1 fully saturated rings. The van der Waals surface area contributed by atoms with E-state index in [1.807, 2.05) is 0 Å². The highest BCUT2D eigenvalue weighted by molar-refractivity contribution is 7.92. The van der Waals surface area contributed by atoms with Crippen molar-refractivity contribution in [2.24, 2.45) is 5.41 Å².